The molecular weight excluding hydrogens is 320 g/mol. The molecule has 4 rings (SSSR count). The number of likely N-dealkylation sites (tertiary alicyclic amines) is 2. The minimum absolute atomic E-state index is 0.0494. The highest BCUT2D eigenvalue weighted by atomic mass is 16.5. The lowest BCUT2D eigenvalue weighted by atomic mass is 9.85. The predicted molar refractivity (Wildman–Crippen MR) is 89.7 cm³/mol. The van der Waals surface area contributed by atoms with Crippen LogP contribution in [0.1, 0.15) is 62.6 Å². The molecule has 136 valence electrons. The molecule has 25 heavy (non-hydrogen) atoms. The Bertz CT molecular complexity index is 665. The van der Waals surface area contributed by atoms with Crippen molar-refractivity contribution in [2.24, 2.45) is 5.41 Å². The fourth-order valence-corrected chi connectivity index (χ4v) is 4.74. The molecule has 7 nitrogen and oxygen atoms in total. The Labute approximate surface area is 147 Å². The van der Waals surface area contributed by atoms with Gasteiger partial charge in [-0.05, 0) is 31.1 Å². The summed E-state index contributed by atoms with van der Waals surface area (Å²) in [5.74, 6) is 1.58. The summed E-state index contributed by atoms with van der Waals surface area (Å²) in [6.45, 7) is 4.13. The van der Waals surface area contributed by atoms with Crippen LogP contribution in [0.3, 0.4) is 0 Å². The van der Waals surface area contributed by atoms with Crippen LogP contribution in [0.5, 0.6) is 0 Å². The number of aryl methyl sites for hydroxylation is 1. The van der Waals surface area contributed by atoms with E-state index in [4.69, 9.17) is 4.52 Å². The summed E-state index contributed by atoms with van der Waals surface area (Å²) in [6.07, 6.45) is 7.22. The van der Waals surface area contributed by atoms with E-state index in [0.717, 1.165) is 38.8 Å². The normalized spacial score (nSPS) is 26.0. The molecule has 3 fully saturated rings. The maximum atomic E-state index is 12.8. The highest BCUT2D eigenvalue weighted by molar-refractivity contribution is 5.86. The highest BCUT2D eigenvalue weighted by Crippen LogP contribution is 2.45. The van der Waals surface area contributed by atoms with E-state index < -0.39 is 0 Å². The summed E-state index contributed by atoms with van der Waals surface area (Å²) in [5, 5.41) is 4.01. The Hall–Kier alpha value is -1.92. The minimum Gasteiger partial charge on any atom is -0.340 e. The van der Waals surface area contributed by atoms with Crippen molar-refractivity contribution in [2.45, 2.75) is 57.8 Å². The predicted octanol–water partition coefficient (Wildman–Crippen LogP) is 1.88. The van der Waals surface area contributed by atoms with Crippen LogP contribution in [0.4, 0.5) is 0 Å². The molecule has 1 atom stereocenters. The van der Waals surface area contributed by atoms with Gasteiger partial charge in [-0.2, -0.15) is 4.98 Å². The maximum Gasteiger partial charge on any atom is 0.242 e. The number of aromatic nitrogens is 2. The zero-order valence-corrected chi connectivity index (χ0v) is 14.9. The number of rotatable bonds is 3. The monoisotopic (exact) mass is 346 g/mol. The molecule has 0 bridgehead atoms. The van der Waals surface area contributed by atoms with Gasteiger partial charge in [0, 0.05) is 38.9 Å². The second kappa shape index (κ2) is 6.42. The summed E-state index contributed by atoms with van der Waals surface area (Å²) in [4.78, 5) is 33.1. The Kier molecular flexibility index (Phi) is 4.25. The van der Waals surface area contributed by atoms with Gasteiger partial charge in [0.05, 0.1) is 6.54 Å². The molecule has 2 aliphatic heterocycles. The van der Waals surface area contributed by atoms with Crippen molar-refractivity contribution < 1.29 is 14.1 Å². The number of hydrogen-bond donors (Lipinski definition) is 0. The van der Waals surface area contributed by atoms with Crippen LogP contribution in [0.2, 0.25) is 0 Å². The van der Waals surface area contributed by atoms with Crippen LogP contribution in [0, 0.1) is 12.3 Å². The molecule has 7 heteroatoms. The maximum absolute atomic E-state index is 12.8. The van der Waals surface area contributed by atoms with Crippen LogP contribution < -0.4 is 0 Å². The molecule has 0 N–H and O–H groups in total. The third kappa shape index (κ3) is 3.28. The summed E-state index contributed by atoms with van der Waals surface area (Å²) >= 11 is 0. The largest absolute Gasteiger partial charge is 0.340 e. The Morgan fingerprint density at radius 1 is 1.32 bits per heavy atom. The molecule has 1 aromatic rings. The minimum atomic E-state index is 0.0494. The number of carbonyl (C=O) groups excluding carboxylic acids is 2. The third-order valence-electron chi connectivity index (χ3n) is 6.08. The van der Waals surface area contributed by atoms with E-state index in [0.29, 0.717) is 24.7 Å². The van der Waals surface area contributed by atoms with Gasteiger partial charge in [0.15, 0.2) is 5.82 Å². The highest BCUT2D eigenvalue weighted by Gasteiger charge is 2.45. The molecule has 1 aromatic heterocycles. The van der Waals surface area contributed by atoms with Crippen molar-refractivity contribution in [3.63, 3.8) is 0 Å². The van der Waals surface area contributed by atoms with Crippen LogP contribution in [0.15, 0.2) is 4.52 Å². The van der Waals surface area contributed by atoms with Gasteiger partial charge in [-0.15, -0.1) is 0 Å². The zero-order chi connectivity index (χ0) is 17.4. The fraction of sp³-hybridized carbons (Fsp3) is 0.778. The molecule has 3 heterocycles. The second-order valence-corrected chi connectivity index (χ2v) is 7.98. The molecule has 0 aromatic carbocycles. The van der Waals surface area contributed by atoms with Crippen molar-refractivity contribution in [3.8, 4) is 0 Å². The Morgan fingerprint density at radius 3 is 2.84 bits per heavy atom. The van der Waals surface area contributed by atoms with E-state index >= 15 is 0 Å². The van der Waals surface area contributed by atoms with E-state index in [-0.39, 0.29) is 29.7 Å². The number of piperidine rings is 1. The lowest BCUT2D eigenvalue weighted by Crippen LogP contribution is -2.45. The van der Waals surface area contributed by atoms with E-state index in [2.05, 4.69) is 10.1 Å². The number of hydrogen-bond acceptors (Lipinski definition) is 5. The molecule has 0 unspecified atom stereocenters. The Balaban J connectivity index is 1.37. The molecule has 0 radical (unpaired) electrons. The van der Waals surface area contributed by atoms with Crippen molar-refractivity contribution in [1.29, 1.82) is 0 Å². The SMILES string of the molecule is Cc1nc([C@@H]2CCCN(C(=O)CN3CC4(CCCC4)CC3=O)C2)no1. The van der Waals surface area contributed by atoms with Gasteiger partial charge in [-0.25, -0.2) is 0 Å². The van der Waals surface area contributed by atoms with Gasteiger partial charge in [0.1, 0.15) is 0 Å². The van der Waals surface area contributed by atoms with Gasteiger partial charge in [-0.3, -0.25) is 9.59 Å². The van der Waals surface area contributed by atoms with E-state index in [1.54, 1.807) is 11.8 Å². The van der Waals surface area contributed by atoms with E-state index in [1.165, 1.54) is 12.8 Å². The molecule has 2 amide bonds. The molecule has 3 aliphatic rings. The van der Waals surface area contributed by atoms with Gasteiger partial charge in [0.2, 0.25) is 17.7 Å². The van der Waals surface area contributed by atoms with Crippen molar-refractivity contribution in [1.82, 2.24) is 19.9 Å². The molecule has 1 saturated carbocycles. The summed E-state index contributed by atoms with van der Waals surface area (Å²) < 4.78 is 5.07. The van der Waals surface area contributed by atoms with Gasteiger partial charge in [0.25, 0.3) is 0 Å². The van der Waals surface area contributed by atoms with Gasteiger partial charge < -0.3 is 14.3 Å². The first kappa shape index (κ1) is 16.5. The number of carbonyl (C=O) groups is 2. The van der Waals surface area contributed by atoms with E-state index in [1.807, 2.05) is 4.90 Å². The molecule has 1 spiro atoms. The average Bonchev–Trinajstić information content (AvgIpc) is 3.30. The standard InChI is InChI=1S/C18H26N4O3/c1-13-19-17(20-25-13)14-5-4-8-21(10-14)16(24)11-22-12-18(9-15(22)23)6-2-3-7-18/h14H,2-12H2,1H3/t14-/m1/s1. The number of amides is 2. The quantitative estimate of drug-likeness (QED) is 0.835. The van der Waals surface area contributed by atoms with E-state index in [9.17, 15) is 9.59 Å². The first-order valence-electron chi connectivity index (χ1n) is 9.40. The van der Waals surface area contributed by atoms with Gasteiger partial charge >= 0.3 is 0 Å². The Morgan fingerprint density at radius 2 is 2.12 bits per heavy atom. The molecular formula is C18H26N4O3. The van der Waals surface area contributed by atoms with Gasteiger partial charge in [-0.1, -0.05) is 18.0 Å². The van der Waals surface area contributed by atoms with Crippen molar-refractivity contribution in [3.05, 3.63) is 11.7 Å². The smallest absolute Gasteiger partial charge is 0.242 e. The first-order valence-corrected chi connectivity index (χ1v) is 9.40. The summed E-state index contributed by atoms with van der Waals surface area (Å²) in [7, 11) is 0. The van der Waals surface area contributed by atoms with Crippen molar-refractivity contribution in [2.75, 3.05) is 26.2 Å². The number of nitrogens with zero attached hydrogens (tertiary/aromatic N) is 4. The van der Waals surface area contributed by atoms with Crippen molar-refractivity contribution >= 4 is 11.8 Å². The van der Waals surface area contributed by atoms with Crippen LogP contribution in [0.25, 0.3) is 0 Å². The molecule has 2 saturated heterocycles. The van der Waals surface area contributed by atoms with Crippen LogP contribution in [-0.4, -0.2) is 57.9 Å². The third-order valence-corrected chi connectivity index (χ3v) is 6.08. The fourth-order valence-electron chi connectivity index (χ4n) is 4.74. The zero-order valence-electron chi connectivity index (χ0n) is 14.9. The summed E-state index contributed by atoms with van der Waals surface area (Å²) in [5.41, 5.74) is 0.157. The van der Waals surface area contributed by atoms with Crippen LogP contribution >= 0.6 is 0 Å². The average molecular weight is 346 g/mol. The topological polar surface area (TPSA) is 79.5 Å². The lowest BCUT2D eigenvalue weighted by Gasteiger charge is -2.32. The first-order chi connectivity index (χ1) is 12.0. The lowest BCUT2D eigenvalue weighted by molar-refractivity contribution is -0.139. The molecule has 1 aliphatic carbocycles. The summed E-state index contributed by atoms with van der Waals surface area (Å²) in [6, 6.07) is 0. The van der Waals surface area contributed by atoms with Crippen LogP contribution in [-0.2, 0) is 9.59 Å². The second-order valence-electron chi connectivity index (χ2n) is 7.98.